The number of fused-ring (bicyclic) bond motifs is 1. The van der Waals surface area contributed by atoms with E-state index in [1.54, 1.807) is 0 Å². The number of para-hydroxylation sites is 2. The molecule has 0 radical (unpaired) electrons. The highest BCUT2D eigenvalue weighted by Gasteiger charge is 2.38. The molecule has 6 aromatic rings. The van der Waals surface area contributed by atoms with Crippen LogP contribution in [-0.4, -0.2) is 45.6 Å². The molecule has 0 saturated carbocycles. The third-order valence-electron chi connectivity index (χ3n) is 9.54. The van der Waals surface area contributed by atoms with E-state index in [1.165, 1.54) is 11.8 Å². The maximum Gasteiger partial charge on any atom is 0.271 e. The fourth-order valence-corrected chi connectivity index (χ4v) is 6.70. The molecule has 1 aromatic heterocycles. The van der Waals surface area contributed by atoms with Crippen molar-refractivity contribution in [2.45, 2.75) is 45.1 Å². The number of benzene rings is 5. The van der Waals surface area contributed by atoms with Crippen molar-refractivity contribution < 1.29 is 19.4 Å². The predicted octanol–water partition coefficient (Wildman–Crippen LogP) is 7.64. The van der Waals surface area contributed by atoms with Gasteiger partial charge in [0.1, 0.15) is 5.69 Å². The van der Waals surface area contributed by atoms with Crippen LogP contribution in [0, 0.1) is 5.92 Å². The summed E-state index contributed by atoms with van der Waals surface area (Å²) in [6, 6.07) is 42.3. The number of aromatic nitrogens is 2. The molecule has 2 heterocycles. The second-order valence-electron chi connectivity index (χ2n) is 13.2. The van der Waals surface area contributed by atoms with Crippen LogP contribution < -0.4 is 5.32 Å². The van der Waals surface area contributed by atoms with Gasteiger partial charge in [0.05, 0.1) is 36.0 Å². The lowest BCUT2D eigenvalue weighted by Crippen LogP contribution is -2.43. The lowest BCUT2D eigenvalue weighted by Gasteiger charge is -2.42. The average Bonchev–Trinajstić information content (AvgIpc) is 3.18. The number of nitrogens with one attached hydrogen (secondary N) is 1. The van der Waals surface area contributed by atoms with Gasteiger partial charge in [-0.1, -0.05) is 122 Å². The summed E-state index contributed by atoms with van der Waals surface area (Å²) in [6.45, 7) is 4.09. The number of amides is 1. The minimum absolute atomic E-state index is 0.000977. The zero-order valence-electron chi connectivity index (χ0n) is 28.9. The standard InChI is InChI=1S/C43H42N4O4/c1-29-40(27-47(2)26-30-10-4-3-5-11-30)50-43(51-41(29)33-18-16-31(28-48)17-19-33)34-22-20-32(21-23-34)36-13-7-6-12-35(36)24-45-42(49)39-25-44-37-14-8-9-15-38(37)46-39/h3-23,25,29,40-41,43,48H,24,26-28H2,1-2H3,(H,45,49). The second kappa shape index (κ2) is 15.7. The summed E-state index contributed by atoms with van der Waals surface area (Å²) in [5.41, 5.74) is 8.86. The molecule has 0 spiro atoms. The Morgan fingerprint density at radius 1 is 0.784 bits per heavy atom. The first-order chi connectivity index (χ1) is 24.9. The van der Waals surface area contributed by atoms with Gasteiger partial charge in [-0.15, -0.1) is 0 Å². The van der Waals surface area contributed by atoms with Gasteiger partial charge >= 0.3 is 0 Å². The van der Waals surface area contributed by atoms with Crippen molar-refractivity contribution in [3.63, 3.8) is 0 Å². The Balaban J connectivity index is 1.08. The Morgan fingerprint density at radius 2 is 1.47 bits per heavy atom. The van der Waals surface area contributed by atoms with Crippen molar-refractivity contribution in [2.24, 2.45) is 5.92 Å². The van der Waals surface area contributed by atoms with Crippen molar-refractivity contribution in [3.8, 4) is 11.1 Å². The molecule has 8 nitrogen and oxygen atoms in total. The van der Waals surface area contributed by atoms with Crippen molar-refractivity contribution in [3.05, 3.63) is 167 Å². The first-order valence-electron chi connectivity index (χ1n) is 17.4. The normalized spacial score (nSPS) is 18.9. The number of nitrogens with zero attached hydrogens (tertiary/aromatic N) is 3. The smallest absolute Gasteiger partial charge is 0.271 e. The van der Waals surface area contributed by atoms with Gasteiger partial charge in [-0.2, -0.15) is 0 Å². The average molecular weight is 679 g/mol. The quantitative estimate of drug-likeness (QED) is 0.145. The number of rotatable bonds is 11. The summed E-state index contributed by atoms with van der Waals surface area (Å²) in [6.07, 6.45) is 0.670. The topological polar surface area (TPSA) is 96.8 Å². The fourth-order valence-electron chi connectivity index (χ4n) is 6.70. The maximum atomic E-state index is 13.0. The number of likely N-dealkylation sites (N-methyl/N-ethyl adjacent to an activating group) is 1. The van der Waals surface area contributed by atoms with Crippen LogP contribution in [-0.2, 0) is 29.2 Å². The van der Waals surface area contributed by atoms with Gasteiger partial charge in [0.15, 0.2) is 6.29 Å². The van der Waals surface area contributed by atoms with Gasteiger partial charge in [0, 0.05) is 31.1 Å². The van der Waals surface area contributed by atoms with Crippen molar-refractivity contribution in [1.29, 1.82) is 0 Å². The second-order valence-corrected chi connectivity index (χ2v) is 13.2. The highest BCUT2D eigenvalue weighted by molar-refractivity contribution is 5.93. The highest BCUT2D eigenvalue weighted by atomic mass is 16.7. The van der Waals surface area contributed by atoms with E-state index in [1.807, 2.05) is 72.8 Å². The van der Waals surface area contributed by atoms with Gasteiger partial charge in [-0.25, -0.2) is 4.98 Å². The largest absolute Gasteiger partial charge is 0.392 e. The van der Waals surface area contributed by atoms with Crippen LogP contribution in [0.3, 0.4) is 0 Å². The number of aliphatic hydroxyl groups is 1. The van der Waals surface area contributed by atoms with Crippen LogP contribution in [0.5, 0.6) is 0 Å². The SMILES string of the molecule is CC1C(CN(C)Cc2ccccc2)OC(c2ccc(-c3ccccc3CNC(=O)c3cnc4ccccc4n3)cc2)OC1c1ccc(CO)cc1. The summed E-state index contributed by atoms with van der Waals surface area (Å²) in [4.78, 5) is 24.2. The monoisotopic (exact) mass is 678 g/mol. The number of carbonyl (C=O) groups excluding carboxylic acids is 1. The Morgan fingerprint density at radius 3 is 2.24 bits per heavy atom. The summed E-state index contributed by atoms with van der Waals surface area (Å²) in [7, 11) is 2.13. The van der Waals surface area contributed by atoms with E-state index in [0.29, 0.717) is 12.1 Å². The molecule has 5 aromatic carbocycles. The Bertz CT molecular complexity index is 2070. The van der Waals surface area contributed by atoms with Gasteiger partial charge in [0.2, 0.25) is 0 Å². The molecule has 1 saturated heterocycles. The maximum absolute atomic E-state index is 13.0. The Labute approximate surface area is 298 Å². The first kappa shape index (κ1) is 34.2. The van der Waals surface area contributed by atoms with Crippen LogP contribution >= 0.6 is 0 Å². The van der Waals surface area contributed by atoms with Crippen LogP contribution in [0.25, 0.3) is 22.2 Å². The predicted molar refractivity (Wildman–Crippen MR) is 198 cm³/mol. The number of carbonyl (C=O) groups is 1. The summed E-state index contributed by atoms with van der Waals surface area (Å²) in [5, 5.41) is 12.6. The molecule has 51 heavy (non-hydrogen) atoms. The molecule has 4 unspecified atom stereocenters. The number of hydrogen-bond donors (Lipinski definition) is 2. The Kier molecular flexibility index (Phi) is 10.6. The fraction of sp³-hybridized carbons (Fsp3) is 0.233. The minimum Gasteiger partial charge on any atom is -0.392 e. The molecule has 258 valence electrons. The molecule has 7 rings (SSSR count). The van der Waals surface area contributed by atoms with E-state index in [2.05, 4.69) is 88.8 Å². The molecule has 0 bridgehead atoms. The van der Waals surface area contributed by atoms with Crippen LogP contribution in [0.15, 0.2) is 134 Å². The first-order valence-corrected chi connectivity index (χ1v) is 17.4. The van der Waals surface area contributed by atoms with Crippen LogP contribution in [0.2, 0.25) is 0 Å². The summed E-state index contributed by atoms with van der Waals surface area (Å²) < 4.78 is 13.4. The molecular weight excluding hydrogens is 636 g/mol. The van der Waals surface area contributed by atoms with Gasteiger partial charge in [-0.05, 0) is 52.6 Å². The molecule has 1 fully saturated rings. The van der Waals surface area contributed by atoms with E-state index in [9.17, 15) is 9.90 Å². The lowest BCUT2D eigenvalue weighted by molar-refractivity contribution is -0.276. The molecular formula is C43H42N4O4. The third kappa shape index (κ3) is 8.06. The Hall–Kier alpha value is -5.25. The van der Waals surface area contributed by atoms with Crippen LogP contribution in [0.4, 0.5) is 0 Å². The van der Waals surface area contributed by atoms with E-state index in [0.717, 1.165) is 52.0 Å². The zero-order chi connectivity index (χ0) is 35.2. The molecule has 0 aliphatic carbocycles. The summed E-state index contributed by atoms with van der Waals surface area (Å²) >= 11 is 0. The molecule has 8 heteroatoms. The van der Waals surface area contributed by atoms with Crippen molar-refractivity contribution >= 4 is 16.9 Å². The minimum atomic E-state index is -0.564. The third-order valence-corrected chi connectivity index (χ3v) is 9.54. The summed E-state index contributed by atoms with van der Waals surface area (Å²) in [5.74, 6) is -0.190. The van der Waals surface area contributed by atoms with Gasteiger partial charge in [-0.3, -0.25) is 14.7 Å². The number of ether oxygens (including phenoxy) is 2. The van der Waals surface area contributed by atoms with Crippen LogP contribution in [0.1, 0.15) is 57.6 Å². The van der Waals surface area contributed by atoms with E-state index < -0.39 is 6.29 Å². The molecule has 4 atom stereocenters. The molecule has 1 amide bonds. The number of aliphatic hydroxyl groups excluding tert-OH is 1. The van der Waals surface area contributed by atoms with E-state index >= 15 is 0 Å². The van der Waals surface area contributed by atoms with Gasteiger partial charge in [0.25, 0.3) is 5.91 Å². The molecule has 1 aliphatic heterocycles. The lowest BCUT2D eigenvalue weighted by atomic mass is 9.90. The zero-order valence-corrected chi connectivity index (χ0v) is 28.9. The van der Waals surface area contributed by atoms with Crippen molar-refractivity contribution in [2.75, 3.05) is 13.6 Å². The van der Waals surface area contributed by atoms with Gasteiger partial charge < -0.3 is 19.9 Å². The van der Waals surface area contributed by atoms with E-state index in [-0.39, 0.29) is 36.3 Å². The molecule has 2 N–H and O–H groups in total. The number of hydrogen-bond acceptors (Lipinski definition) is 7. The van der Waals surface area contributed by atoms with E-state index in [4.69, 9.17) is 9.47 Å². The highest BCUT2D eigenvalue weighted by Crippen LogP contribution is 2.42. The van der Waals surface area contributed by atoms with Crippen molar-refractivity contribution in [1.82, 2.24) is 20.2 Å². The molecule has 1 aliphatic rings.